The first kappa shape index (κ1) is 18.9. The first-order valence-corrected chi connectivity index (χ1v) is 9.36. The Morgan fingerprint density at radius 2 is 1.84 bits per heavy atom. The van der Waals surface area contributed by atoms with E-state index >= 15 is 0 Å². The van der Waals surface area contributed by atoms with Crippen molar-refractivity contribution >= 4 is 29.0 Å². The maximum atomic E-state index is 13.0. The molecule has 128 valence electrons. The van der Waals surface area contributed by atoms with Crippen LogP contribution in [0, 0.1) is 28.5 Å². The van der Waals surface area contributed by atoms with E-state index in [9.17, 15) is 9.18 Å². The Bertz CT molecular complexity index is 774. The van der Waals surface area contributed by atoms with Crippen LogP contribution in [-0.4, -0.2) is 34.6 Å². The Kier molecular flexibility index (Phi) is 7.39. The van der Waals surface area contributed by atoms with Crippen molar-refractivity contribution in [2.45, 2.75) is 17.2 Å². The molecule has 8 heteroatoms. The molecule has 0 aliphatic rings. The molecule has 25 heavy (non-hydrogen) atoms. The Hall–Kier alpha value is -2.42. The van der Waals surface area contributed by atoms with Crippen molar-refractivity contribution in [3.63, 3.8) is 0 Å². The van der Waals surface area contributed by atoms with Gasteiger partial charge in [-0.25, -0.2) is 9.37 Å². The SMILES string of the molecule is N#CCCN(CCC#N)C(=O)CSc1nc(-c2ccc(F)cc2)cs1. The van der Waals surface area contributed by atoms with Crippen LogP contribution < -0.4 is 0 Å². The van der Waals surface area contributed by atoms with Gasteiger partial charge < -0.3 is 4.90 Å². The highest BCUT2D eigenvalue weighted by molar-refractivity contribution is 8.01. The number of hydrogen-bond donors (Lipinski definition) is 0. The second-order valence-electron chi connectivity index (χ2n) is 4.99. The summed E-state index contributed by atoms with van der Waals surface area (Å²) in [5.74, 6) is -0.212. The van der Waals surface area contributed by atoms with E-state index < -0.39 is 0 Å². The Morgan fingerprint density at radius 3 is 2.44 bits per heavy atom. The van der Waals surface area contributed by atoms with Gasteiger partial charge in [0.05, 0.1) is 36.4 Å². The van der Waals surface area contributed by atoms with Crippen LogP contribution in [0.4, 0.5) is 4.39 Å². The van der Waals surface area contributed by atoms with Crippen LogP contribution in [0.25, 0.3) is 11.3 Å². The van der Waals surface area contributed by atoms with Gasteiger partial charge in [0, 0.05) is 24.0 Å². The molecule has 0 unspecified atom stereocenters. The van der Waals surface area contributed by atoms with Crippen molar-refractivity contribution in [1.82, 2.24) is 9.88 Å². The average molecular weight is 374 g/mol. The van der Waals surface area contributed by atoms with Gasteiger partial charge in [0.1, 0.15) is 5.82 Å². The number of thioether (sulfide) groups is 1. The van der Waals surface area contributed by atoms with E-state index in [-0.39, 0.29) is 30.3 Å². The first-order chi connectivity index (χ1) is 12.1. The summed E-state index contributed by atoms with van der Waals surface area (Å²) in [5, 5.41) is 19.2. The van der Waals surface area contributed by atoms with Crippen molar-refractivity contribution in [1.29, 1.82) is 10.5 Å². The number of carbonyl (C=O) groups excluding carboxylic acids is 1. The van der Waals surface area contributed by atoms with Gasteiger partial charge in [0.25, 0.3) is 0 Å². The van der Waals surface area contributed by atoms with Crippen LogP contribution in [0.3, 0.4) is 0 Å². The molecule has 0 saturated heterocycles. The van der Waals surface area contributed by atoms with Crippen LogP contribution in [0.2, 0.25) is 0 Å². The van der Waals surface area contributed by atoms with Crippen molar-refractivity contribution < 1.29 is 9.18 Å². The van der Waals surface area contributed by atoms with Crippen molar-refractivity contribution in [3.8, 4) is 23.4 Å². The second-order valence-corrected chi connectivity index (χ2v) is 7.07. The third kappa shape index (κ3) is 5.86. The van der Waals surface area contributed by atoms with Crippen molar-refractivity contribution in [3.05, 3.63) is 35.5 Å². The van der Waals surface area contributed by atoms with E-state index in [1.165, 1.54) is 40.1 Å². The van der Waals surface area contributed by atoms with Crippen LogP contribution in [0.5, 0.6) is 0 Å². The summed E-state index contributed by atoms with van der Waals surface area (Å²) < 4.78 is 13.7. The monoisotopic (exact) mass is 374 g/mol. The quantitative estimate of drug-likeness (QED) is 0.658. The van der Waals surface area contributed by atoms with E-state index in [0.29, 0.717) is 13.1 Å². The van der Waals surface area contributed by atoms with Crippen LogP contribution in [-0.2, 0) is 4.79 Å². The van der Waals surface area contributed by atoms with E-state index in [0.717, 1.165) is 15.6 Å². The Morgan fingerprint density at radius 1 is 1.20 bits per heavy atom. The minimum Gasteiger partial charge on any atom is -0.340 e. The zero-order valence-corrected chi connectivity index (χ0v) is 14.9. The zero-order chi connectivity index (χ0) is 18.1. The lowest BCUT2D eigenvalue weighted by Gasteiger charge is -2.19. The largest absolute Gasteiger partial charge is 0.340 e. The molecule has 1 aromatic heterocycles. The number of aromatic nitrogens is 1. The van der Waals surface area contributed by atoms with Crippen molar-refractivity contribution in [2.75, 3.05) is 18.8 Å². The van der Waals surface area contributed by atoms with Gasteiger partial charge in [0.15, 0.2) is 4.34 Å². The molecule has 0 saturated carbocycles. The number of nitrogens with zero attached hydrogens (tertiary/aromatic N) is 4. The molecule has 0 bridgehead atoms. The molecule has 0 aliphatic carbocycles. The molecule has 1 amide bonds. The van der Waals surface area contributed by atoms with E-state index in [2.05, 4.69) is 4.98 Å². The van der Waals surface area contributed by atoms with Gasteiger partial charge in [-0.3, -0.25) is 4.79 Å². The third-order valence-corrected chi connectivity index (χ3v) is 5.29. The summed E-state index contributed by atoms with van der Waals surface area (Å²) in [6.07, 6.45) is 0.488. The minimum absolute atomic E-state index is 0.117. The fourth-order valence-corrected chi connectivity index (χ4v) is 3.76. The van der Waals surface area contributed by atoms with Gasteiger partial charge in [-0.2, -0.15) is 10.5 Å². The molecule has 2 aromatic rings. The summed E-state index contributed by atoms with van der Waals surface area (Å²) in [7, 11) is 0. The standard InChI is InChI=1S/C17H15FN4OS2/c18-14-5-3-13(4-6-14)15-11-24-17(21-15)25-12-16(23)22(9-1-7-19)10-2-8-20/h3-6,11H,1-2,9-10,12H2. The molecule has 5 nitrogen and oxygen atoms in total. The number of carbonyl (C=O) groups is 1. The van der Waals surface area contributed by atoms with E-state index in [1.807, 2.05) is 17.5 Å². The lowest BCUT2D eigenvalue weighted by atomic mass is 10.2. The van der Waals surface area contributed by atoms with Gasteiger partial charge in [-0.15, -0.1) is 11.3 Å². The fraction of sp³-hybridized carbons (Fsp3) is 0.294. The Labute approximate surface area is 153 Å². The molecule has 0 N–H and O–H groups in total. The molecule has 0 aliphatic heterocycles. The van der Waals surface area contributed by atoms with Crippen LogP contribution in [0.15, 0.2) is 34.0 Å². The van der Waals surface area contributed by atoms with Gasteiger partial charge in [-0.1, -0.05) is 11.8 Å². The van der Waals surface area contributed by atoms with Crippen LogP contribution >= 0.6 is 23.1 Å². The summed E-state index contributed by atoms with van der Waals surface area (Å²) in [4.78, 5) is 18.2. The molecular weight excluding hydrogens is 359 g/mol. The lowest BCUT2D eigenvalue weighted by molar-refractivity contribution is -0.128. The molecule has 0 fully saturated rings. The summed E-state index contributed by atoms with van der Waals surface area (Å²) in [5.41, 5.74) is 1.56. The summed E-state index contributed by atoms with van der Waals surface area (Å²) >= 11 is 2.74. The molecule has 0 atom stereocenters. The highest BCUT2D eigenvalue weighted by atomic mass is 32.2. The number of nitriles is 2. The van der Waals surface area contributed by atoms with Gasteiger partial charge in [-0.05, 0) is 24.3 Å². The maximum Gasteiger partial charge on any atom is 0.233 e. The molecule has 2 rings (SSSR count). The summed E-state index contributed by atoms with van der Waals surface area (Å²) in [6, 6.07) is 10.1. The van der Waals surface area contributed by atoms with E-state index in [4.69, 9.17) is 10.5 Å². The first-order valence-electron chi connectivity index (χ1n) is 7.50. The predicted molar refractivity (Wildman–Crippen MR) is 95.3 cm³/mol. The fourth-order valence-electron chi connectivity index (χ4n) is 2.02. The third-order valence-electron chi connectivity index (χ3n) is 3.28. The maximum absolute atomic E-state index is 13.0. The summed E-state index contributed by atoms with van der Waals surface area (Å²) in [6.45, 7) is 0.659. The number of thiazole rings is 1. The molecule has 1 aromatic carbocycles. The number of hydrogen-bond acceptors (Lipinski definition) is 6. The highest BCUT2D eigenvalue weighted by Gasteiger charge is 2.14. The molecule has 0 radical (unpaired) electrons. The molecule has 0 spiro atoms. The minimum atomic E-state index is -0.297. The number of benzene rings is 1. The predicted octanol–water partition coefficient (Wildman–Crippen LogP) is 3.70. The molecular formula is C17H15FN4OS2. The smallest absolute Gasteiger partial charge is 0.233 e. The second kappa shape index (κ2) is 9.77. The average Bonchev–Trinajstić information content (AvgIpc) is 3.09. The van der Waals surface area contributed by atoms with E-state index in [1.54, 1.807) is 12.1 Å². The number of halogens is 1. The lowest BCUT2D eigenvalue weighted by Crippen LogP contribution is -2.34. The Balaban J connectivity index is 1.93. The molecule has 1 heterocycles. The topological polar surface area (TPSA) is 80.8 Å². The number of rotatable bonds is 8. The van der Waals surface area contributed by atoms with Gasteiger partial charge >= 0.3 is 0 Å². The zero-order valence-electron chi connectivity index (χ0n) is 13.3. The van der Waals surface area contributed by atoms with Gasteiger partial charge in [0.2, 0.25) is 5.91 Å². The number of amides is 1. The van der Waals surface area contributed by atoms with Crippen LogP contribution in [0.1, 0.15) is 12.8 Å². The normalized spacial score (nSPS) is 10.0. The van der Waals surface area contributed by atoms with Crippen molar-refractivity contribution in [2.24, 2.45) is 0 Å². The highest BCUT2D eigenvalue weighted by Crippen LogP contribution is 2.28.